The fourth-order valence-electron chi connectivity index (χ4n) is 3.05. The Morgan fingerprint density at radius 3 is 2.88 bits per heavy atom. The van der Waals surface area contributed by atoms with E-state index < -0.39 is 5.82 Å². The standard InChI is InChI=1S/C13H15FN2O/c14-11-3-1-2-10(12(11)15)13(17)16-7-8-4-5-9(16)6-8/h1-3,8-9H,4-7,15H2. The summed E-state index contributed by atoms with van der Waals surface area (Å²) in [5.41, 5.74) is 5.90. The number of nitrogens with zero attached hydrogens (tertiary/aromatic N) is 1. The first-order valence-corrected chi connectivity index (χ1v) is 6.02. The zero-order valence-corrected chi connectivity index (χ0v) is 9.53. The lowest BCUT2D eigenvalue weighted by atomic mass is 10.1. The summed E-state index contributed by atoms with van der Waals surface area (Å²) in [6.45, 7) is 0.805. The highest BCUT2D eigenvalue weighted by Crippen LogP contribution is 2.38. The molecule has 3 nitrogen and oxygen atoms in total. The van der Waals surface area contributed by atoms with Crippen molar-refractivity contribution < 1.29 is 9.18 Å². The molecule has 1 aromatic rings. The summed E-state index contributed by atoms with van der Waals surface area (Å²) in [4.78, 5) is 14.1. The zero-order chi connectivity index (χ0) is 12.0. The molecule has 2 bridgehead atoms. The van der Waals surface area contributed by atoms with Crippen LogP contribution in [0.3, 0.4) is 0 Å². The summed E-state index contributed by atoms with van der Waals surface area (Å²) in [6.07, 6.45) is 3.39. The third kappa shape index (κ3) is 1.59. The number of piperidine rings is 1. The van der Waals surface area contributed by atoms with E-state index in [4.69, 9.17) is 5.73 Å². The fraction of sp³-hybridized carbons (Fsp3) is 0.462. The van der Waals surface area contributed by atoms with Gasteiger partial charge in [0.05, 0.1) is 11.3 Å². The van der Waals surface area contributed by atoms with Crippen LogP contribution in [-0.2, 0) is 0 Å². The van der Waals surface area contributed by atoms with Gasteiger partial charge in [-0.1, -0.05) is 6.07 Å². The van der Waals surface area contributed by atoms with E-state index in [2.05, 4.69) is 0 Å². The first-order valence-electron chi connectivity index (χ1n) is 6.02. The molecule has 2 N–H and O–H groups in total. The van der Waals surface area contributed by atoms with Gasteiger partial charge in [-0.05, 0) is 37.3 Å². The Labute approximate surface area is 99.4 Å². The monoisotopic (exact) mass is 234 g/mol. The van der Waals surface area contributed by atoms with Gasteiger partial charge in [0.2, 0.25) is 0 Å². The molecule has 1 saturated carbocycles. The number of carbonyl (C=O) groups excluding carboxylic acids is 1. The summed E-state index contributed by atoms with van der Waals surface area (Å²) in [5.74, 6) is 0.00754. The second-order valence-corrected chi connectivity index (χ2v) is 4.99. The molecule has 90 valence electrons. The van der Waals surface area contributed by atoms with Crippen LogP contribution in [0.4, 0.5) is 10.1 Å². The number of para-hydroxylation sites is 1. The highest BCUT2D eigenvalue weighted by Gasteiger charge is 2.40. The molecule has 1 heterocycles. The lowest BCUT2D eigenvalue weighted by molar-refractivity contribution is 0.0704. The fourth-order valence-corrected chi connectivity index (χ4v) is 3.05. The Morgan fingerprint density at radius 2 is 2.24 bits per heavy atom. The maximum atomic E-state index is 13.3. The first kappa shape index (κ1) is 10.6. The molecular formula is C13H15FN2O. The number of halogens is 1. The van der Waals surface area contributed by atoms with Crippen LogP contribution >= 0.6 is 0 Å². The van der Waals surface area contributed by atoms with Crippen molar-refractivity contribution in [2.24, 2.45) is 5.92 Å². The largest absolute Gasteiger partial charge is 0.396 e. The number of hydrogen-bond acceptors (Lipinski definition) is 2. The number of likely N-dealkylation sites (tertiary alicyclic amines) is 1. The molecule has 2 aliphatic rings. The molecule has 1 saturated heterocycles. The van der Waals surface area contributed by atoms with Crippen molar-refractivity contribution in [1.29, 1.82) is 0 Å². The number of hydrogen-bond donors (Lipinski definition) is 1. The number of rotatable bonds is 1. The molecule has 1 aliphatic heterocycles. The van der Waals surface area contributed by atoms with E-state index in [0.29, 0.717) is 17.5 Å². The molecule has 4 heteroatoms. The van der Waals surface area contributed by atoms with E-state index >= 15 is 0 Å². The molecule has 1 amide bonds. The van der Waals surface area contributed by atoms with Gasteiger partial charge < -0.3 is 10.6 Å². The minimum atomic E-state index is -0.514. The molecule has 1 aliphatic carbocycles. The number of benzene rings is 1. The molecule has 0 aromatic heterocycles. The zero-order valence-electron chi connectivity index (χ0n) is 9.53. The van der Waals surface area contributed by atoms with Gasteiger partial charge in [0.25, 0.3) is 5.91 Å². The first-order chi connectivity index (χ1) is 8.16. The summed E-state index contributed by atoms with van der Waals surface area (Å²) >= 11 is 0. The van der Waals surface area contributed by atoms with E-state index in [-0.39, 0.29) is 11.6 Å². The number of nitrogen functional groups attached to an aromatic ring is 1. The van der Waals surface area contributed by atoms with Crippen molar-refractivity contribution in [1.82, 2.24) is 4.90 Å². The lowest BCUT2D eigenvalue weighted by Gasteiger charge is -2.27. The predicted molar refractivity (Wildman–Crippen MR) is 63.0 cm³/mol. The van der Waals surface area contributed by atoms with Crippen LogP contribution in [0.2, 0.25) is 0 Å². The second-order valence-electron chi connectivity index (χ2n) is 4.99. The van der Waals surface area contributed by atoms with Crippen LogP contribution < -0.4 is 5.73 Å². The molecule has 1 aromatic carbocycles. The second kappa shape index (κ2) is 3.72. The van der Waals surface area contributed by atoms with Gasteiger partial charge in [-0.2, -0.15) is 0 Å². The number of carbonyl (C=O) groups is 1. The number of anilines is 1. The Kier molecular flexibility index (Phi) is 2.31. The molecule has 0 spiro atoms. The van der Waals surface area contributed by atoms with Crippen LogP contribution in [-0.4, -0.2) is 23.4 Å². The third-order valence-corrected chi connectivity index (χ3v) is 3.95. The SMILES string of the molecule is Nc1c(F)cccc1C(=O)N1CC2CCC1C2. The van der Waals surface area contributed by atoms with Gasteiger partial charge in [-0.3, -0.25) is 4.79 Å². The van der Waals surface area contributed by atoms with Crippen molar-refractivity contribution in [3.63, 3.8) is 0 Å². The van der Waals surface area contributed by atoms with Crippen LogP contribution in [0.25, 0.3) is 0 Å². The van der Waals surface area contributed by atoms with Crippen molar-refractivity contribution in [3.8, 4) is 0 Å². The van der Waals surface area contributed by atoms with Crippen LogP contribution in [0.15, 0.2) is 18.2 Å². The molecule has 2 unspecified atom stereocenters. The Bertz CT molecular complexity index is 474. The maximum Gasteiger partial charge on any atom is 0.256 e. The molecule has 2 atom stereocenters. The quantitative estimate of drug-likeness (QED) is 0.756. The molecular weight excluding hydrogens is 219 g/mol. The highest BCUT2D eigenvalue weighted by atomic mass is 19.1. The van der Waals surface area contributed by atoms with E-state index in [1.165, 1.54) is 18.6 Å². The normalized spacial score (nSPS) is 26.5. The van der Waals surface area contributed by atoms with E-state index in [1.807, 2.05) is 4.90 Å². The van der Waals surface area contributed by atoms with Gasteiger partial charge >= 0.3 is 0 Å². The molecule has 2 fully saturated rings. The van der Waals surface area contributed by atoms with Crippen molar-refractivity contribution in [2.45, 2.75) is 25.3 Å². The molecule has 17 heavy (non-hydrogen) atoms. The van der Waals surface area contributed by atoms with Crippen molar-refractivity contribution in [2.75, 3.05) is 12.3 Å². The van der Waals surface area contributed by atoms with E-state index in [9.17, 15) is 9.18 Å². The summed E-state index contributed by atoms with van der Waals surface area (Å²) in [7, 11) is 0. The topological polar surface area (TPSA) is 46.3 Å². The Hall–Kier alpha value is -1.58. The highest BCUT2D eigenvalue weighted by molar-refractivity contribution is 5.99. The minimum Gasteiger partial charge on any atom is -0.396 e. The maximum absolute atomic E-state index is 13.3. The van der Waals surface area contributed by atoms with Crippen molar-refractivity contribution >= 4 is 11.6 Å². The molecule has 3 rings (SSSR count). The Balaban J connectivity index is 1.89. The van der Waals surface area contributed by atoms with E-state index in [0.717, 1.165) is 19.4 Å². The minimum absolute atomic E-state index is 0.0275. The Morgan fingerprint density at radius 1 is 1.41 bits per heavy atom. The number of amides is 1. The number of fused-ring (bicyclic) bond motifs is 2. The van der Waals surface area contributed by atoms with Gasteiger partial charge in [0.1, 0.15) is 5.82 Å². The average molecular weight is 234 g/mol. The summed E-state index contributed by atoms with van der Waals surface area (Å²) < 4.78 is 13.3. The van der Waals surface area contributed by atoms with Crippen LogP contribution in [0, 0.1) is 11.7 Å². The average Bonchev–Trinajstić information content (AvgIpc) is 2.94. The third-order valence-electron chi connectivity index (χ3n) is 3.95. The summed E-state index contributed by atoms with van der Waals surface area (Å²) in [6, 6.07) is 4.76. The van der Waals surface area contributed by atoms with Gasteiger partial charge in [-0.15, -0.1) is 0 Å². The van der Waals surface area contributed by atoms with Gasteiger partial charge in [-0.25, -0.2) is 4.39 Å². The predicted octanol–water partition coefficient (Wildman–Crippen LogP) is 2.03. The molecule has 0 radical (unpaired) electrons. The van der Waals surface area contributed by atoms with Gasteiger partial charge in [0.15, 0.2) is 0 Å². The van der Waals surface area contributed by atoms with Crippen LogP contribution in [0.5, 0.6) is 0 Å². The van der Waals surface area contributed by atoms with Crippen LogP contribution in [0.1, 0.15) is 29.6 Å². The van der Waals surface area contributed by atoms with E-state index in [1.54, 1.807) is 6.07 Å². The lowest BCUT2D eigenvalue weighted by Crippen LogP contribution is -2.38. The van der Waals surface area contributed by atoms with Crippen molar-refractivity contribution in [3.05, 3.63) is 29.6 Å². The van der Waals surface area contributed by atoms with Gasteiger partial charge in [0, 0.05) is 12.6 Å². The number of nitrogens with two attached hydrogens (primary N) is 1. The smallest absolute Gasteiger partial charge is 0.256 e. The summed E-state index contributed by atoms with van der Waals surface area (Å²) in [5, 5.41) is 0.